The number of benzene rings is 2. The number of methoxy groups -OCH3 is 1. The van der Waals surface area contributed by atoms with Crippen molar-refractivity contribution in [2.24, 2.45) is 0 Å². The van der Waals surface area contributed by atoms with Gasteiger partial charge >= 0.3 is 0 Å². The van der Waals surface area contributed by atoms with Gasteiger partial charge in [0.05, 0.1) is 17.8 Å². The Morgan fingerprint density at radius 1 is 1.00 bits per heavy atom. The molecule has 2 aromatic carbocycles. The normalized spacial score (nSPS) is 10.2. The second-order valence-corrected chi connectivity index (χ2v) is 4.42. The molecule has 0 spiro atoms. The van der Waals surface area contributed by atoms with Crippen LogP contribution in [0, 0.1) is 0 Å². The first kappa shape index (κ1) is 12.9. The van der Waals surface area contributed by atoms with Gasteiger partial charge in [-0.25, -0.2) is 0 Å². The van der Waals surface area contributed by atoms with E-state index in [-0.39, 0.29) is 0 Å². The van der Waals surface area contributed by atoms with E-state index < -0.39 is 0 Å². The minimum absolute atomic E-state index is 0.482. The van der Waals surface area contributed by atoms with Crippen molar-refractivity contribution < 1.29 is 9.47 Å². The van der Waals surface area contributed by atoms with Crippen LogP contribution in [-0.4, -0.2) is 7.11 Å². The molecule has 0 aliphatic heterocycles. The number of anilines is 1. The molecule has 2 N–H and O–H groups in total. The fourth-order valence-electron chi connectivity index (χ4n) is 1.44. The molecule has 5 heteroatoms. The number of hydrogen-bond donors (Lipinski definition) is 1. The summed E-state index contributed by atoms with van der Waals surface area (Å²) in [4.78, 5) is 0. The number of hydrogen-bond acceptors (Lipinski definition) is 3. The van der Waals surface area contributed by atoms with Gasteiger partial charge in [-0.3, -0.25) is 0 Å². The largest absolute Gasteiger partial charge is 0.494 e. The molecule has 2 rings (SSSR count). The highest BCUT2D eigenvalue weighted by Gasteiger charge is 2.06. The van der Waals surface area contributed by atoms with Crippen molar-refractivity contribution in [3.8, 4) is 17.2 Å². The molecule has 0 saturated carbocycles. The third-order valence-electron chi connectivity index (χ3n) is 2.33. The molecule has 0 aromatic heterocycles. The average molecular weight is 284 g/mol. The third-order valence-corrected chi connectivity index (χ3v) is 2.87. The van der Waals surface area contributed by atoms with Crippen LogP contribution < -0.4 is 15.2 Å². The maximum Gasteiger partial charge on any atom is 0.147 e. The Morgan fingerprint density at radius 3 is 2.50 bits per heavy atom. The lowest BCUT2D eigenvalue weighted by atomic mass is 10.3. The quantitative estimate of drug-likeness (QED) is 0.851. The molecule has 0 radical (unpaired) electrons. The van der Waals surface area contributed by atoms with Gasteiger partial charge in [0.2, 0.25) is 0 Å². The summed E-state index contributed by atoms with van der Waals surface area (Å²) >= 11 is 11.9. The highest BCUT2D eigenvalue weighted by atomic mass is 35.5. The van der Waals surface area contributed by atoms with Crippen molar-refractivity contribution in [2.45, 2.75) is 0 Å². The molecular formula is C13H11Cl2NO2. The zero-order valence-corrected chi connectivity index (χ0v) is 11.1. The van der Waals surface area contributed by atoms with Gasteiger partial charge in [0.25, 0.3) is 0 Å². The lowest BCUT2D eigenvalue weighted by Gasteiger charge is -2.10. The van der Waals surface area contributed by atoms with Gasteiger partial charge in [-0.15, -0.1) is 0 Å². The van der Waals surface area contributed by atoms with E-state index in [1.54, 1.807) is 43.5 Å². The van der Waals surface area contributed by atoms with Gasteiger partial charge in [0, 0.05) is 17.2 Å². The second-order valence-electron chi connectivity index (χ2n) is 3.58. The minimum Gasteiger partial charge on any atom is -0.494 e. The molecule has 0 aliphatic rings. The maximum absolute atomic E-state index is 6.01. The van der Waals surface area contributed by atoms with Crippen LogP contribution in [0.4, 0.5) is 5.69 Å². The first-order valence-corrected chi connectivity index (χ1v) is 5.92. The van der Waals surface area contributed by atoms with Crippen molar-refractivity contribution in [3.05, 3.63) is 46.4 Å². The Hall–Kier alpha value is -1.58. The summed E-state index contributed by atoms with van der Waals surface area (Å²) in [6.45, 7) is 0. The molecule has 0 fully saturated rings. The summed E-state index contributed by atoms with van der Waals surface area (Å²) in [6, 6.07) is 10.1. The number of halogens is 2. The topological polar surface area (TPSA) is 44.5 Å². The third kappa shape index (κ3) is 2.81. The molecule has 18 heavy (non-hydrogen) atoms. The standard InChI is InChI=1S/C13H11Cl2NO2/c1-17-13-7-9(3-5-11(13)16)18-12-6-8(14)2-4-10(12)15/h2-7H,16H2,1H3. The number of nitrogens with two attached hydrogens (primary N) is 1. The van der Waals surface area contributed by atoms with E-state index in [9.17, 15) is 0 Å². The van der Waals surface area contributed by atoms with Gasteiger partial charge < -0.3 is 15.2 Å². The number of ether oxygens (including phenoxy) is 2. The lowest BCUT2D eigenvalue weighted by molar-refractivity contribution is 0.411. The van der Waals surface area contributed by atoms with Crippen LogP contribution in [0.15, 0.2) is 36.4 Å². The Kier molecular flexibility index (Phi) is 3.84. The summed E-state index contributed by atoms with van der Waals surface area (Å²) in [5.74, 6) is 1.60. The SMILES string of the molecule is COc1cc(Oc2cc(Cl)ccc2Cl)ccc1N. The molecule has 0 bridgehead atoms. The summed E-state index contributed by atoms with van der Waals surface area (Å²) in [6.07, 6.45) is 0. The molecular weight excluding hydrogens is 273 g/mol. The molecule has 0 amide bonds. The molecule has 2 aromatic rings. The second kappa shape index (κ2) is 5.38. The van der Waals surface area contributed by atoms with E-state index >= 15 is 0 Å². The maximum atomic E-state index is 6.01. The van der Waals surface area contributed by atoms with E-state index in [0.29, 0.717) is 33.0 Å². The smallest absolute Gasteiger partial charge is 0.147 e. The van der Waals surface area contributed by atoms with E-state index in [0.717, 1.165) is 0 Å². The van der Waals surface area contributed by atoms with Crippen molar-refractivity contribution in [3.63, 3.8) is 0 Å². The van der Waals surface area contributed by atoms with Gasteiger partial charge in [0.1, 0.15) is 17.2 Å². The van der Waals surface area contributed by atoms with Crippen LogP contribution in [0.2, 0.25) is 10.0 Å². The lowest BCUT2D eigenvalue weighted by Crippen LogP contribution is -1.93. The first-order chi connectivity index (χ1) is 8.60. The van der Waals surface area contributed by atoms with E-state index in [2.05, 4.69) is 0 Å². The molecule has 94 valence electrons. The van der Waals surface area contributed by atoms with Gasteiger partial charge in [0.15, 0.2) is 0 Å². The highest BCUT2D eigenvalue weighted by Crippen LogP contribution is 2.34. The van der Waals surface area contributed by atoms with E-state index in [4.69, 9.17) is 38.4 Å². The summed E-state index contributed by atoms with van der Waals surface area (Å²) in [7, 11) is 1.54. The zero-order valence-electron chi connectivity index (χ0n) is 9.61. The molecule has 3 nitrogen and oxygen atoms in total. The summed E-state index contributed by atoms with van der Waals surface area (Å²) in [5, 5.41) is 1.03. The van der Waals surface area contributed by atoms with Crippen LogP contribution in [0.25, 0.3) is 0 Å². The van der Waals surface area contributed by atoms with Gasteiger partial charge in [-0.2, -0.15) is 0 Å². The fraction of sp³-hybridized carbons (Fsp3) is 0.0769. The van der Waals surface area contributed by atoms with Crippen molar-refractivity contribution in [2.75, 3.05) is 12.8 Å². The molecule has 0 unspecified atom stereocenters. The molecule has 0 atom stereocenters. The number of nitrogen functional groups attached to an aromatic ring is 1. The van der Waals surface area contributed by atoms with E-state index in [1.165, 1.54) is 0 Å². The minimum atomic E-state index is 0.482. The van der Waals surface area contributed by atoms with Crippen molar-refractivity contribution in [1.82, 2.24) is 0 Å². The van der Waals surface area contributed by atoms with Crippen LogP contribution in [-0.2, 0) is 0 Å². The van der Waals surface area contributed by atoms with Crippen molar-refractivity contribution >= 4 is 28.9 Å². The first-order valence-electron chi connectivity index (χ1n) is 5.16. The summed E-state index contributed by atoms with van der Waals surface area (Å²) in [5.41, 5.74) is 6.26. The number of rotatable bonds is 3. The van der Waals surface area contributed by atoms with Crippen molar-refractivity contribution in [1.29, 1.82) is 0 Å². The average Bonchev–Trinajstić information content (AvgIpc) is 2.36. The Bertz CT molecular complexity index is 573. The molecule has 0 saturated heterocycles. The van der Waals surface area contributed by atoms with Crippen LogP contribution in [0.3, 0.4) is 0 Å². The zero-order chi connectivity index (χ0) is 13.1. The fourth-order valence-corrected chi connectivity index (χ4v) is 1.76. The Morgan fingerprint density at radius 2 is 1.78 bits per heavy atom. The predicted octanol–water partition coefficient (Wildman–Crippen LogP) is 4.38. The van der Waals surface area contributed by atoms with Crippen LogP contribution in [0.5, 0.6) is 17.2 Å². The highest BCUT2D eigenvalue weighted by molar-refractivity contribution is 6.34. The van der Waals surface area contributed by atoms with E-state index in [1.807, 2.05) is 0 Å². The van der Waals surface area contributed by atoms with Gasteiger partial charge in [-0.1, -0.05) is 23.2 Å². The monoisotopic (exact) mass is 283 g/mol. The van der Waals surface area contributed by atoms with Gasteiger partial charge in [-0.05, 0) is 24.3 Å². The van der Waals surface area contributed by atoms with Crippen LogP contribution >= 0.6 is 23.2 Å². The Labute approximate surface area is 115 Å². The predicted molar refractivity (Wildman–Crippen MR) is 73.9 cm³/mol. The molecule has 0 aliphatic carbocycles. The van der Waals surface area contributed by atoms with Crippen LogP contribution in [0.1, 0.15) is 0 Å². The molecule has 0 heterocycles. The Balaban J connectivity index is 2.31. The summed E-state index contributed by atoms with van der Waals surface area (Å²) < 4.78 is 10.7.